The number of imidazole rings is 2. The third-order valence-corrected chi connectivity index (χ3v) is 13.1. The quantitative estimate of drug-likeness (QED) is 0.0592. The Hall–Kier alpha value is -7.78. The van der Waals surface area contributed by atoms with Gasteiger partial charge in [0.25, 0.3) is 0 Å². The first-order valence-electron chi connectivity index (χ1n) is 24.3. The number of aliphatic carboxylic acids is 1. The van der Waals surface area contributed by atoms with Crippen LogP contribution in [0.15, 0.2) is 134 Å². The number of anilines is 2. The molecule has 0 spiro atoms. The lowest BCUT2D eigenvalue weighted by molar-refractivity contribution is -0.136. The molecule has 4 aromatic carbocycles. The van der Waals surface area contributed by atoms with E-state index < -0.39 is 61.5 Å². The van der Waals surface area contributed by atoms with E-state index in [1.165, 1.54) is 31.4 Å². The number of carboxylic acid groups (broad SMARTS) is 1. The number of carboxylic acids is 1. The van der Waals surface area contributed by atoms with E-state index >= 15 is 0 Å². The average molecular weight is 1020 g/mol. The first-order chi connectivity index (χ1) is 36.6. The number of hydrogen-bond acceptors (Lipinski definition) is 18. The Labute approximate surface area is 431 Å². The van der Waals surface area contributed by atoms with Crippen molar-refractivity contribution in [3.63, 3.8) is 0 Å². The van der Waals surface area contributed by atoms with E-state index in [0.717, 1.165) is 22.3 Å². The number of aromatic nitrogens is 8. The van der Waals surface area contributed by atoms with Crippen molar-refractivity contribution in [2.45, 2.75) is 73.8 Å². The number of methoxy groups -OCH3 is 2. The van der Waals surface area contributed by atoms with Gasteiger partial charge in [-0.1, -0.05) is 121 Å². The highest BCUT2D eigenvalue weighted by molar-refractivity contribution is 5.84. The van der Waals surface area contributed by atoms with Crippen molar-refractivity contribution in [2.75, 3.05) is 51.2 Å². The summed E-state index contributed by atoms with van der Waals surface area (Å²) >= 11 is 0. The number of ether oxygens (including phenoxy) is 4. The number of nitrogens with one attached hydrogen (secondary N) is 2. The number of aliphatic hydroxyl groups excluding tert-OH is 4. The Morgan fingerprint density at radius 2 is 0.973 bits per heavy atom. The molecule has 0 aliphatic carbocycles. The van der Waals surface area contributed by atoms with Gasteiger partial charge in [-0.25, -0.2) is 29.9 Å². The van der Waals surface area contributed by atoms with Crippen molar-refractivity contribution in [1.29, 1.82) is 5.26 Å². The van der Waals surface area contributed by atoms with Crippen LogP contribution in [0.3, 0.4) is 0 Å². The zero-order valence-electron chi connectivity index (χ0n) is 41.0. The maximum absolute atomic E-state index is 11.5. The topological polar surface area (TPSA) is 290 Å². The Morgan fingerprint density at radius 3 is 1.33 bits per heavy atom. The third kappa shape index (κ3) is 11.6. The van der Waals surface area contributed by atoms with Crippen molar-refractivity contribution in [1.82, 2.24) is 39.0 Å². The molecule has 8 atom stereocenters. The second-order valence-corrected chi connectivity index (χ2v) is 18.0. The Morgan fingerprint density at radius 1 is 0.600 bits per heavy atom. The van der Waals surface area contributed by atoms with Gasteiger partial charge >= 0.3 is 5.97 Å². The van der Waals surface area contributed by atoms with Crippen LogP contribution in [0.1, 0.15) is 58.2 Å². The molecular formula is C54H57N11O10. The van der Waals surface area contributed by atoms with Crippen molar-refractivity contribution in [3.8, 4) is 6.07 Å². The van der Waals surface area contributed by atoms with Crippen LogP contribution in [-0.4, -0.2) is 148 Å². The van der Waals surface area contributed by atoms with E-state index in [2.05, 4.69) is 95.1 Å². The molecule has 10 rings (SSSR count). The van der Waals surface area contributed by atoms with Gasteiger partial charge in [0.1, 0.15) is 54.7 Å². The van der Waals surface area contributed by atoms with Gasteiger partial charge in [-0.2, -0.15) is 5.26 Å². The summed E-state index contributed by atoms with van der Waals surface area (Å²) in [6.07, 6.45) is -5.57. The van der Waals surface area contributed by atoms with Crippen LogP contribution >= 0.6 is 0 Å². The smallest absolute Gasteiger partial charge is 0.311 e. The summed E-state index contributed by atoms with van der Waals surface area (Å²) < 4.78 is 25.0. The monoisotopic (exact) mass is 1020 g/mol. The summed E-state index contributed by atoms with van der Waals surface area (Å²) in [5.74, 6) is 0.177. The van der Waals surface area contributed by atoms with Crippen LogP contribution in [0.5, 0.6) is 0 Å². The molecule has 2 aliphatic heterocycles. The van der Waals surface area contributed by atoms with Crippen molar-refractivity contribution in [3.05, 3.63) is 168 Å². The number of benzene rings is 4. The summed E-state index contributed by atoms with van der Waals surface area (Å²) in [7, 11) is 2.98. The molecule has 2 saturated heterocycles. The summed E-state index contributed by atoms with van der Waals surface area (Å²) in [5, 5.41) is 67.7. The molecule has 21 nitrogen and oxygen atoms in total. The summed E-state index contributed by atoms with van der Waals surface area (Å²) in [6, 6.07) is 42.6. The lowest BCUT2D eigenvalue weighted by Crippen LogP contribution is -2.33. The maximum atomic E-state index is 11.5. The first kappa shape index (κ1) is 52.1. The molecular weight excluding hydrogens is 963 g/mol. The fourth-order valence-corrected chi connectivity index (χ4v) is 9.42. The van der Waals surface area contributed by atoms with E-state index in [9.17, 15) is 35.6 Å². The number of carbonyl (C=O) groups is 1. The Balaban J connectivity index is 0.000000184. The van der Waals surface area contributed by atoms with Crippen LogP contribution in [0.25, 0.3) is 22.3 Å². The van der Waals surface area contributed by atoms with E-state index in [1.807, 2.05) is 72.8 Å². The second-order valence-electron chi connectivity index (χ2n) is 18.0. The molecule has 2 aliphatic rings. The Kier molecular flexibility index (Phi) is 16.7. The van der Waals surface area contributed by atoms with Crippen molar-refractivity contribution < 1.29 is 49.3 Å². The summed E-state index contributed by atoms with van der Waals surface area (Å²) in [5.41, 5.74) is 6.05. The highest BCUT2D eigenvalue weighted by Crippen LogP contribution is 2.36. The molecule has 0 unspecified atom stereocenters. The first-order valence-corrected chi connectivity index (χ1v) is 24.3. The van der Waals surface area contributed by atoms with Crippen molar-refractivity contribution >= 4 is 39.9 Å². The molecule has 7 N–H and O–H groups in total. The molecule has 388 valence electrons. The van der Waals surface area contributed by atoms with Gasteiger partial charge in [-0.05, 0) is 22.3 Å². The lowest BCUT2D eigenvalue weighted by Gasteiger charge is -2.20. The zero-order chi connectivity index (χ0) is 52.4. The molecule has 0 bridgehead atoms. The van der Waals surface area contributed by atoms with E-state index in [4.69, 9.17) is 18.9 Å². The van der Waals surface area contributed by atoms with E-state index in [-0.39, 0.29) is 42.9 Å². The standard InChI is InChI=1S/C27H28N6O4.C27H29N5O6/c1-36-15-20-23(34)24(35)27(37-20)33-16-30-22-25(31-21(12-13-28)32-26(22)33)29-14-19(17-8-4-2-5-9-17)18-10-6-3-7-11-18;1-37-14-19-23(35)24(36)27(38-19)32-15-29-22-25(30-20(12-21(33)34)31-26(22)32)28-13-18(16-8-4-2-5-9-16)17-10-6-3-7-11-17/h2-11,16,19-20,23-24,27,34-35H,12,14-15H2,1H3,(H,29,31,32);2-11,15,18-19,23-24,27,35-36H,12-14H2,1H3,(H,33,34)(H,28,30,31)/t20-,23-,24-,27-;19-,23-,24-,27-/m11/s1. The van der Waals surface area contributed by atoms with E-state index in [1.54, 1.807) is 4.57 Å². The van der Waals surface area contributed by atoms with Gasteiger partial charge in [0.2, 0.25) is 0 Å². The minimum Gasteiger partial charge on any atom is -0.481 e. The number of nitriles is 1. The van der Waals surface area contributed by atoms with Gasteiger partial charge in [0.05, 0.1) is 38.4 Å². The van der Waals surface area contributed by atoms with E-state index in [0.29, 0.717) is 47.2 Å². The maximum Gasteiger partial charge on any atom is 0.311 e. The molecule has 0 radical (unpaired) electrons. The molecule has 0 saturated carbocycles. The fraction of sp³-hybridized carbons (Fsp3) is 0.333. The van der Waals surface area contributed by atoms with Crippen LogP contribution in [0, 0.1) is 11.3 Å². The van der Waals surface area contributed by atoms with Gasteiger partial charge in [-0.3, -0.25) is 13.9 Å². The normalized spacial score (nSPS) is 21.3. The van der Waals surface area contributed by atoms with Crippen LogP contribution in [0.4, 0.5) is 11.6 Å². The average Bonchev–Trinajstić information content (AvgIpc) is 4.19. The number of nitrogens with zero attached hydrogens (tertiary/aromatic N) is 9. The minimum absolute atomic E-state index is 0.000396. The molecule has 75 heavy (non-hydrogen) atoms. The molecule has 4 aromatic heterocycles. The fourth-order valence-electron chi connectivity index (χ4n) is 9.42. The highest BCUT2D eigenvalue weighted by Gasteiger charge is 2.45. The van der Waals surface area contributed by atoms with Crippen LogP contribution < -0.4 is 10.6 Å². The minimum atomic E-state index is -1.26. The molecule has 0 amide bonds. The summed E-state index contributed by atoms with van der Waals surface area (Å²) in [4.78, 5) is 38.5. The molecule has 8 aromatic rings. The zero-order valence-corrected chi connectivity index (χ0v) is 41.0. The van der Waals surface area contributed by atoms with Crippen LogP contribution in [-0.2, 0) is 36.6 Å². The van der Waals surface area contributed by atoms with Crippen molar-refractivity contribution in [2.24, 2.45) is 0 Å². The molecule has 6 heterocycles. The Bertz CT molecular complexity index is 3100. The van der Waals surface area contributed by atoms with Gasteiger partial charge in [0.15, 0.2) is 46.4 Å². The predicted molar refractivity (Wildman–Crippen MR) is 273 cm³/mol. The van der Waals surface area contributed by atoms with Crippen LogP contribution in [0.2, 0.25) is 0 Å². The van der Waals surface area contributed by atoms with Gasteiger partial charge < -0.3 is 55.1 Å². The molecule has 21 heteroatoms. The second kappa shape index (κ2) is 24.1. The third-order valence-electron chi connectivity index (χ3n) is 13.1. The predicted octanol–water partition coefficient (Wildman–Crippen LogP) is 4.36. The number of fused-ring (bicyclic) bond motifs is 2. The number of hydrogen-bond donors (Lipinski definition) is 7. The SMILES string of the molecule is COC[C@H]1O[C@@H](n2cnc3c(NCC(c4ccccc4)c4ccccc4)nc(CC#N)nc32)[C@H](O)[C@@H]1O.COC[C@H]1O[C@@H](n2cnc3c(NCC(c4ccccc4)c4ccccc4)nc(CC(=O)O)nc32)[C@H](O)[C@@H]1O. The largest absolute Gasteiger partial charge is 0.481 e. The summed E-state index contributed by atoms with van der Waals surface area (Å²) in [6.45, 7) is 1.20. The lowest BCUT2D eigenvalue weighted by atomic mass is 9.91. The van der Waals surface area contributed by atoms with Gasteiger partial charge in [-0.15, -0.1) is 0 Å². The highest BCUT2D eigenvalue weighted by atomic mass is 16.6. The number of rotatable bonds is 19. The number of aliphatic hydroxyl groups is 4. The molecule has 2 fully saturated rings. The van der Waals surface area contributed by atoms with Gasteiger partial charge in [0, 0.05) is 39.1 Å².